The van der Waals surface area contributed by atoms with Gasteiger partial charge in [-0.1, -0.05) is 11.6 Å². The first-order valence-electron chi connectivity index (χ1n) is 5.79. The van der Waals surface area contributed by atoms with Gasteiger partial charge in [-0.25, -0.2) is 8.42 Å². The first kappa shape index (κ1) is 13.8. The van der Waals surface area contributed by atoms with Crippen LogP contribution in [0.3, 0.4) is 0 Å². The minimum Gasteiger partial charge on any atom is -0.353 e. The summed E-state index contributed by atoms with van der Waals surface area (Å²) in [7, 11) is -3.30. The zero-order valence-electron chi connectivity index (χ0n) is 9.84. The Morgan fingerprint density at radius 1 is 1.17 bits per heavy atom. The third kappa shape index (κ3) is 3.68. The Hall–Kier alpha value is -0.620. The monoisotopic (exact) mass is 290 g/mol. The molecule has 6 heteroatoms. The predicted molar refractivity (Wildman–Crippen MR) is 68.4 cm³/mol. The molecule has 2 rings (SSSR count). The Balaban J connectivity index is 1.96. The molecule has 0 N–H and O–H groups in total. The molecule has 1 aliphatic rings. The van der Waals surface area contributed by atoms with E-state index in [2.05, 4.69) is 0 Å². The Morgan fingerprint density at radius 2 is 1.78 bits per heavy atom. The highest BCUT2D eigenvalue weighted by Crippen LogP contribution is 2.18. The summed E-state index contributed by atoms with van der Waals surface area (Å²) < 4.78 is 34.7. The maximum atomic E-state index is 12.0. The van der Waals surface area contributed by atoms with Gasteiger partial charge in [-0.2, -0.15) is 0 Å². The van der Waals surface area contributed by atoms with E-state index in [4.69, 9.17) is 21.1 Å². The molecule has 4 nitrogen and oxygen atoms in total. The topological polar surface area (TPSA) is 52.6 Å². The molecule has 0 spiro atoms. The number of halogens is 1. The summed E-state index contributed by atoms with van der Waals surface area (Å²) in [6.07, 6.45) is 0.812. The highest BCUT2D eigenvalue weighted by Gasteiger charge is 2.20. The highest BCUT2D eigenvalue weighted by molar-refractivity contribution is 7.91. The third-order valence-electron chi connectivity index (χ3n) is 2.69. The van der Waals surface area contributed by atoms with Crippen molar-refractivity contribution in [2.45, 2.75) is 24.0 Å². The molecule has 1 heterocycles. The van der Waals surface area contributed by atoms with E-state index in [9.17, 15) is 8.42 Å². The Kier molecular flexibility index (Phi) is 4.61. The molecule has 0 bridgehead atoms. The number of benzene rings is 1. The molecule has 0 atom stereocenters. The van der Waals surface area contributed by atoms with Crippen molar-refractivity contribution in [1.82, 2.24) is 0 Å². The van der Waals surface area contributed by atoms with Gasteiger partial charge in [-0.05, 0) is 30.7 Å². The molecule has 100 valence electrons. The normalized spacial score (nSPS) is 17.8. The van der Waals surface area contributed by atoms with Crippen LogP contribution in [0.5, 0.6) is 0 Å². The van der Waals surface area contributed by atoms with Crippen LogP contribution in [0.4, 0.5) is 0 Å². The highest BCUT2D eigenvalue weighted by atomic mass is 35.5. The standard InChI is InChI=1S/C12H15ClO4S/c13-10-2-4-11(5-3-10)18(14,15)9-6-12-16-7-1-8-17-12/h2-5,12H,1,6-9H2. The van der Waals surface area contributed by atoms with E-state index in [0.717, 1.165) is 6.42 Å². The zero-order chi connectivity index (χ0) is 13.0. The second-order valence-electron chi connectivity index (χ2n) is 4.09. The number of rotatable bonds is 4. The third-order valence-corrected chi connectivity index (χ3v) is 4.71. The van der Waals surface area contributed by atoms with Crippen LogP contribution in [0, 0.1) is 0 Å². The molecule has 1 fully saturated rings. The maximum Gasteiger partial charge on any atom is 0.178 e. The van der Waals surface area contributed by atoms with Crippen LogP contribution in [0.2, 0.25) is 5.02 Å². The van der Waals surface area contributed by atoms with Gasteiger partial charge in [-0.15, -0.1) is 0 Å². The molecule has 18 heavy (non-hydrogen) atoms. The number of hydrogen-bond acceptors (Lipinski definition) is 4. The largest absolute Gasteiger partial charge is 0.353 e. The average Bonchev–Trinajstić information content (AvgIpc) is 2.38. The van der Waals surface area contributed by atoms with Crippen molar-refractivity contribution in [3.63, 3.8) is 0 Å². The molecule has 0 unspecified atom stereocenters. The average molecular weight is 291 g/mol. The number of hydrogen-bond donors (Lipinski definition) is 0. The van der Waals surface area contributed by atoms with E-state index in [-0.39, 0.29) is 10.6 Å². The lowest BCUT2D eigenvalue weighted by atomic mass is 10.4. The molecule has 0 radical (unpaired) electrons. The van der Waals surface area contributed by atoms with Gasteiger partial charge < -0.3 is 9.47 Å². The van der Waals surface area contributed by atoms with Crippen molar-refractivity contribution in [3.8, 4) is 0 Å². The van der Waals surface area contributed by atoms with Crippen LogP contribution in [0.25, 0.3) is 0 Å². The Bertz CT molecular complexity index is 477. The first-order chi connectivity index (χ1) is 8.58. The van der Waals surface area contributed by atoms with Crippen molar-refractivity contribution < 1.29 is 17.9 Å². The van der Waals surface area contributed by atoms with Crippen molar-refractivity contribution in [2.24, 2.45) is 0 Å². The minimum atomic E-state index is -3.30. The van der Waals surface area contributed by atoms with E-state index in [1.165, 1.54) is 12.1 Å². The van der Waals surface area contributed by atoms with Crippen molar-refractivity contribution >= 4 is 21.4 Å². The van der Waals surface area contributed by atoms with E-state index in [0.29, 0.717) is 24.7 Å². The lowest BCUT2D eigenvalue weighted by molar-refractivity contribution is -0.178. The van der Waals surface area contributed by atoms with Gasteiger partial charge in [0, 0.05) is 11.4 Å². The van der Waals surface area contributed by atoms with Crippen molar-refractivity contribution in [1.29, 1.82) is 0 Å². The summed E-state index contributed by atoms with van der Waals surface area (Å²) >= 11 is 5.73. The molecular formula is C12H15ClO4S. The van der Waals surface area contributed by atoms with Crippen molar-refractivity contribution in [2.75, 3.05) is 19.0 Å². The van der Waals surface area contributed by atoms with Crippen LogP contribution in [0.15, 0.2) is 29.2 Å². The maximum absolute atomic E-state index is 12.0. The molecule has 0 saturated carbocycles. The van der Waals surface area contributed by atoms with E-state index in [1.807, 2.05) is 0 Å². The first-order valence-corrected chi connectivity index (χ1v) is 7.82. The van der Waals surface area contributed by atoms with Crippen LogP contribution < -0.4 is 0 Å². The van der Waals surface area contributed by atoms with Gasteiger partial charge in [-0.3, -0.25) is 0 Å². The predicted octanol–water partition coefficient (Wildman–Crippen LogP) is 2.27. The fraction of sp³-hybridized carbons (Fsp3) is 0.500. The lowest BCUT2D eigenvalue weighted by Gasteiger charge is -2.22. The summed E-state index contributed by atoms with van der Waals surface area (Å²) in [5.41, 5.74) is 0. The van der Waals surface area contributed by atoms with Gasteiger partial charge in [0.25, 0.3) is 0 Å². The molecule has 1 aromatic rings. The lowest BCUT2D eigenvalue weighted by Crippen LogP contribution is -2.27. The second-order valence-corrected chi connectivity index (χ2v) is 6.63. The molecular weight excluding hydrogens is 276 g/mol. The summed E-state index contributed by atoms with van der Waals surface area (Å²) in [6.45, 7) is 1.26. The molecule has 1 saturated heterocycles. The molecule has 0 aromatic heterocycles. The van der Waals surface area contributed by atoms with E-state index >= 15 is 0 Å². The number of ether oxygens (including phenoxy) is 2. The van der Waals surface area contributed by atoms with E-state index in [1.54, 1.807) is 12.1 Å². The Labute approximate surface area is 112 Å². The van der Waals surface area contributed by atoms with Crippen LogP contribution in [-0.4, -0.2) is 33.7 Å². The van der Waals surface area contributed by atoms with Gasteiger partial charge in [0.1, 0.15) is 0 Å². The quantitative estimate of drug-likeness (QED) is 0.853. The summed E-state index contributed by atoms with van der Waals surface area (Å²) in [4.78, 5) is 0.280. The second kappa shape index (κ2) is 6.02. The van der Waals surface area contributed by atoms with Crippen LogP contribution in [-0.2, 0) is 19.3 Å². The fourth-order valence-electron chi connectivity index (χ4n) is 1.71. The van der Waals surface area contributed by atoms with Gasteiger partial charge in [0.15, 0.2) is 16.1 Å². The Morgan fingerprint density at radius 3 is 2.39 bits per heavy atom. The van der Waals surface area contributed by atoms with Gasteiger partial charge in [0.05, 0.1) is 23.9 Å². The van der Waals surface area contributed by atoms with Crippen LogP contribution in [0.1, 0.15) is 12.8 Å². The van der Waals surface area contributed by atoms with Gasteiger partial charge in [0.2, 0.25) is 0 Å². The zero-order valence-corrected chi connectivity index (χ0v) is 11.4. The summed E-state index contributed by atoms with van der Waals surface area (Å²) in [6, 6.07) is 6.17. The fourth-order valence-corrected chi connectivity index (χ4v) is 3.13. The molecule has 1 aromatic carbocycles. The molecule has 1 aliphatic heterocycles. The molecule has 0 amide bonds. The van der Waals surface area contributed by atoms with E-state index < -0.39 is 16.1 Å². The van der Waals surface area contributed by atoms with Crippen LogP contribution >= 0.6 is 11.6 Å². The summed E-state index contributed by atoms with van der Waals surface area (Å²) in [5.74, 6) is 0.0132. The minimum absolute atomic E-state index is 0.0132. The number of sulfone groups is 1. The summed E-state index contributed by atoms with van der Waals surface area (Å²) in [5, 5.41) is 0.521. The van der Waals surface area contributed by atoms with Crippen molar-refractivity contribution in [3.05, 3.63) is 29.3 Å². The SMILES string of the molecule is O=S(=O)(CCC1OCCCO1)c1ccc(Cl)cc1. The smallest absolute Gasteiger partial charge is 0.178 e. The van der Waals surface area contributed by atoms with Gasteiger partial charge >= 0.3 is 0 Å². The molecule has 0 aliphatic carbocycles.